The van der Waals surface area contributed by atoms with Gasteiger partial charge in [-0.2, -0.15) is 0 Å². The van der Waals surface area contributed by atoms with Gasteiger partial charge in [0.05, 0.1) is 0 Å². The van der Waals surface area contributed by atoms with E-state index in [1.807, 2.05) is 19.2 Å². The van der Waals surface area contributed by atoms with E-state index in [0.29, 0.717) is 18.4 Å². The highest BCUT2D eigenvalue weighted by Gasteiger charge is 2.51. The molecule has 2 aromatic rings. The molecule has 1 fully saturated rings. The van der Waals surface area contributed by atoms with Gasteiger partial charge in [0, 0.05) is 24.0 Å². The van der Waals surface area contributed by atoms with Crippen LogP contribution in [0, 0.1) is 0 Å². The Morgan fingerprint density at radius 2 is 1.62 bits per heavy atom. The topological polar surface area (TPSA) is 70.2 Å². The van der Waals surface area contributed by atoms with Crippen molar-refractivity contribution in [3.05, 3.63) is 58.1 Å². The van der Waals surface area contributed by atoms with Crippen molar-refractivity contribution in [3.8, 4) is 0 Å². The molecule has 3 aliphatic carbocycles. The Morgan fingerprint density at radius 1 is 0.931 bits per heavy atom. The van der Waals surface area contributed by atoms with Gasteiger partial charge in [-0.15, -0.1) is 0 Å². The van der Waals surface area contributed by atoms with Crippen LogP contribution >= 0.6 is 0 Å². The van der Waals surface area contributed by atoms with Crippen LogP contribution in [0.25, 0.3) is 0 Å². The smallest absolute Gasteiger partial charge is 0.252 e. The number of carbonyl (C=O) groups excluding carboxylic acids is 2. The van der Waals surface area contributed by atoms with Gasteiger partial charge in [0.2, 0.25) is 5.91 Å². The molecule has 5 nitrogen and oxygen atoms in total. The third-order valence-corrected chi connectivity index (χ3v) is 6.66. The number of amides is 2. The van der Waals surface area contributed by atoms with Crippen molar-refractivity contribution >= 4 is 23.2 Å². The second kappa shape index (κ2) is 6.90. The van der Waals surface area contributed by atoms with Crippen LogP contribution in [0.15, 0.2) is 30.3 Å². The van der Waals surface area contributed by atoms with Gasteiger partial charge in [-0.1, -0.05) is 12.1 Å². The lowest BCUT2D eigenvalue weighted by Crippen LogP contribution is -2.46. The maximum absolute atomic E-state index is 13.2. The summed E-state index contributed by atoms with van der Waals surface area (Å²) < 4.78 is 0. The molecule has 0 spiro atoms. The largest absolute Gasteiger partial charge is 0.388 e. The second-order valence-corrected chi connectivity index (χ2v) is 8.56. The summed E-state index contributed by atoms with van der Waals surface area (Å²) in [7, 11) is 1.82. The number of hydrogen-bond acceptors (Lipinski definition) is 3. The molecule has 150 valence electrons. The van der Waals surface area contributed by atoms with Gasteiger partial charge < -0.3 is 16.0 Å². The molecule has 2 aromatic carbocycles. The van der Waals surface area contributed by atoms with Crippen LogP contribution in [-0.2, 0) is 30.5 Å². The van der Waals surface area contributed by atoms with Gasteiger partial charge in [-0.25, -0.2) is 0 Å². The van der Waals surface area contributed by atoms with Crippen LogP contribution in [0.5, 0.6) is 0 Å². The third-order valence-electron chi connectivity index (χ3n) is 6.66. The fourth-order valence-electron chi connectivity index (χ4n) is 4.84. The molecule has 0 atom stereocenters. The van der Waals surface area contributed by atoms with Crippen LogP contribution in [0.2, 0.25) is 0 Å². The first kappa shape index (κ1) is 18.2. The van der Waals surface area contributed by atoms with Gasteiger partial charge in [-0.05, 0) is 91.8 Å². The number of carbonyl (C=O) groups is 2. The normalized spacial score (nSPS) is 18.0. The Kier molecular flexibility index (Phi) is 4.34. The number of anilines is 2. The van der Waals surface area contributed by atoms with Crippen molar-refractivity contribution in [2.45, 2.75) is 56.9 Å². The fourth-order valence-corrected chi connectivity index (χ4v) is 4.84. The molecule has 0 radical (unpaired) electrons. The van der Waals surface area contributed by atoms with Gasteiger partial charge in [0.25, 0.3) is 5.91 Å². The number of rotatable bonds is 5. The highest BCUT2D eigenvalue weighted by atomic mass is 16.2. The van der Waals surface area contributed by atoms with E-state index in [0.717, 1.165) is 49.9 Å². The Labute approximate surface area is 171 Å². The first-order chi connectivity index (χ1) is 14.1. The lowest BCUT2D eigenvalue weighted by molar-refractivity contribution is -0.118. The number of aryl methyl sites for hydroxylation is 2. The summed E-state index contributed by atoms with van der Waals surface area (Å²) in [6, 6.07) is 9.70. The quantitative estimate of drug-likeness (QED) is 0.732. The molecule has 29 heavy (non-hydrogen) atoms. The van der Waals surface area contributed by atoms with Crippen LogP contribution in [-0.4, -0.2) is 24.4 Å². The minimum Gasteiger partial charge on any atom is -0.388 e. The molecule has 0 heterocycles. The molecular weight excluding hydrogens is 362 g/mol. The zero-order valence-electron chi connectivity index (χ0n) is 16.9. The van der Waals surface area contributed by atoms with E-state index in [2.05, 4.69) is 22.0 Å². The summed E-state index contributed by atoms with van der Waals surface area (Å²) in [4.78, 5) is 26.0. The van der Waals surface area contributed by atoms with E-state index >= 15 is 0 Å². The molecule has 5 rings (SSSR count). The average molecular weight is 389 g/mol. The predicted molar refractivity (Wildman–Crippen MR) is 115 cm³/mol. The summed E-state index contributed by atoms with van der Waals surface area (Å²) in [5.74, 6) is -0.261. The Balaban J connectivity index is 1.37. The summed E-state index contributed by atoms with van der Waals surface area (Å²) in [5, 5.41) is 9.32. The minimum atomic E-state index is -0.778. The molecule has 0 bridgehead atoms. The molecule has 0 aliphatic heterocycles. The first-order valence-electron chi connectivity index (χ1n) is 10.7. The number of hydrogen-bond donors (Lipinski definition) is 3. The van der Waals surface area contributed by atoms with Gasteiger partial charge >= 0.3 is 0 Å². The number of benzene rings is 2. The summed E-state index contributed by atoms with van der Waals surface area (Å²) >= 11 is 0. The van der Waals surface area contributed by atoms with E-state index in [1.54, 1.807) is 12.1 Å². The molecule has 0 saturated heterocycles. The maximum Gasteiger partial charge on any atom is 0.252 e. The fraction of sp³-hybridized carbons (Fsp3) is 0.417. The molecule has 5 heteroatoms. The summed E-state index contributed by atoms with van der Waals surface area (Å²) in [5.41, 5.74) is 7.16. The van der Waals surface area contributed by atoms with E-state index in [4.69, 9.17) is 0 Å². The van der Waals surface area contributed by atoms with Crippen molar-refractivity contribution in [2.24, 2.45) is 0 Å². The molecular formula is C24H27N3O2. The monoisotopic (exact) mass is 389 g/mol. The van der Waals surface area contributed by atoms with Crippen molar-refractivity contribution in [2.75, 3.05) is 17.7 Å². The van der Waals surface area contributed by atoms with Crippen LogP contribution in [0.4, 0.5) is 11.4 Å². The van der Waals surface area contributed by atoms with Gasteiger partial charge in [-0.3, -0.25) is 9.59 Å². The van der Waals surface area contributed by atoms with Crippen LogP contribution < -0.4 is 16.0 Å². The van der Waals surface area contributed by atoms with Crippen LogP contribution in [0.1, 0.15) is 58.3 Å². The highest BCUT2D eigenvalue weighted by molar-refractivity contribution is 6.06. The van der Waals surface area contributed by atoms with Crippen molar-refractivity contribution in [1.29, 1.82) is 0 Å². The zero-order chi connectivity index (χ0) is 20.0. The molecule has 3 N–H and O–H groups in total. The lowest BCUT2D eigenvalue weighted by atomic mass is 9.98. The first-order valence-corrected chi connectivity index (χ1v) is 10.7. The minimum absolute atomic E-state index is 0.0648. The molecule has 1 saturated carbocycles. The predicted octanol–water partition coefficient (Wildman–Crippen LogP) is 3.61. The van der Waals surface area contributed by atoms with Crippen molar-refractivity contribution in [1.82, 2.24) is 5.32 Å². The highest BCUT2D eigenvalue weighted by Crippen LogP contribution is 2.41. The van der Waals surface area contributed by atoms with Gasteiger partial charge in [0.15, 0.2) is 0 Å². The van der Waals surface area contributed by atoms with E-state index < -0.39 is 5.54 Å². The Morgan fingerprint density at radius 3 is 2.24 bits per heavy atom. The Hall–Kier alpha value is -2.82. The molecule has 0 aromatic heterocycles. The molecule has 3 aliphatic rings. The summed E-state index contributed by atoms with van der Waals surface area (Å²) in [6.07, 6.45) is 7.98. The van der Waals surface area contributed by atoms with E-state index in [-0.39, 0.29) is 11.8 Å². The average Bonchev–Trinajstić information content (AvgIpc) is 3.14. The molecule has 2 amide bonds. The maximum atomic E-state index is 13.2. The number of fused-ring (bicyclic) bond motifs is 2. The van der Waals surface area contributed by atoms with Crippen molar-refractivity contribution in [3.63, 3.8) is 0 Å². The van der Waals surface area contributed by atoms with Crippen molar-refractivity contribution < 1.29 is 9.59 Å². The standard InChI is InChI=1S/C24H27N3O2/c1-25-18-8-2-7-17(14-18)22(28)27-24(11-12-24)23(29)26-21-19-9-3-5-15(19)13-16-6-4-10-20(16)21/h2,7-8,13-14,25H,3-6,9-12H2,1H3,(H,26,29)(H,27,28). The molecule has 0 unspecified atom stereocenters. The SMILES string of the molecule is CNc1cccc(C(=O)NC2(C(=O)Nc3c4c(cc5c3CCC5)CCC4)CC2)c1. The lowest BCUT2D eigenvalue weighted by Gasteiger charge is -2.21. The second-order valence-electron chi connectivity index (χ2n) is 8.56. The van der Waals surface area contributed by atoms with E-state index in [9.17, 15) is 9.59 Å². The van der Waals surface area contributed by atoms with Gasteiger partial charge in [0.1, 0.15) is 5.54 Å². The summed E-state index contributed by atoms with van der Waals surface area (Å²) in [6.45, 7) is 0. The Bertz CT molecular complexity index is 975. The van der Waals surface area contributed by atoms with E-state index in [1.165, 1.54) is 22.3 Å². The third kappa shape index (κ3) is 3.18. The zero-order valence-corrected chi connectivity index (χ0v) is 16.9. The van der Waals surface area contributed by atoms with Crippen LogP contribution in [0.3, 0.4) is 0 Å². The number of nitrogens with one attached hydrogen (secondary N) is 3.